The van der Waals surface area contributed by atoms with E-state index < -0.39 is 0 Å². The molecule has 0 N–H and O–H groups in total. The molecular weight excluding hydrogens is 268 g/mol. The summed E-state index contributed by atoms with van der Waals surface area (Å²) in [5.41, 5.74) is 1.25. The summed E-state index contributed by atoms with van der Waals surface area (Å²) < 4.78 is 0. The maximum Gasteiger partial charge on any atom is 0.233 e. The molecule has 2 saturated heterocycles. The Morgan fingerprint density at radius 3 is 2.55 bits per heavy atom. The first-order valence-corrected chi connectivity index (χ1v) is 8.58. The Labute approximate surface area is 125 Å². The van der Waals surface area contributed by atoms with Crippen molar-refractivity contribution < 1.29 is 4.79 Å². The first-order chi connectivity index (χ1) is 9.84. The number of benzene rings is 1. The second-order valence-corrected chi connectivity index (χ2v) is 6.63. The van der Waals surface area contributed by atoms with E-state index in [9.17, 15) is 4.79 Å². The zero-order chi connectivity index (χ0) is 13.8. The number of thioether (sulfide) groups is 1. The van der Waals surface area contributed by atoms with Gasteiger partial charge in [-0.1, -0.05) is 36.8 Å². The Balaban J connectivity index is 1.62. The number of likely N-dealkylation sites (tertiary alicyclic amines) is 1. The van der Waals surface area contributed by atoms with Crippen LogP contribution in [0.5, 0.6) is 0 Å². The molecule has 2 heterocycles. The molecular formula is C16H22N2OS. The zero-order valence-corrected chi connectivity index (χ0v) is 12.6. The van der Waals surface area contributed by atoms with Gasteiger partial charge in [-0.3, -0.25) is 4.79 Å². The van der Waals surface area contributed by atoms with Crippen molar-refractivity contribution in [2.24, 2.45) is 0 Å². The van der Waals surface area contributed by atoms with E-state index in [2.05, 4.69) is 34.1 Å². The fourth-order valence-electron chi connectivity index (χ4n) is 3.02. The number of nitrogens with zero attached hydrogens (tertiary/aromatic N) is 2. The Hall–Kier alpha value is -1.00. The van der Waals surface area contributed by atoms with E-state index >= 15 is 0 Å². The van der Waals surface area contributed by atoms with Crippen LogP contribution in [0.2, 0.25) is 0 Å². The minimum absolute atomic E-state index is 0.216. The van der Waals surface area contributed by atoms with Crippen molar-refractivity contribution in [1.29, 1.82) is 0 Å². The van der Waals surface area contributed by atoms with Gasteiger partial charge in [0.1, 0.15) is 5.37 Å². The van der Waals surface area contributed by atoms with Crippen molar-refractivity contribution in [3.05, 3.63) is 35.9 Å². The number of carbonyl (C=O) groups excluding carboxylic acids is 1. The minimum Gasteiger partial charge on any atom is -0.325 e. The van der Waals surface area contributed by atoms with E-state index in [1.165, 1.54) is 37.9 Å². The molecule has 0 aliphatic carbocycles. The standard InChI is InChI=1S/C16H22N2OS/c19-15-13-20-16(14-7-3-1-4-8-14)18(15)12-11-17-9-5-2-6-10-17/h1,3-4,7-8,16H,2,5-6,9-13H2/t16-/m0/s1. The summed E-state index contributed by atoms with van der Waals surface area (Å²) in [6, 6.07) is 10.4. The number of carbonyl (C=O) groups is 1. The molecule has 2 aliphatic heterocycles. The van der Waals surface area contributed by atoms with Gasteiger partial charge < -0.3 is 9.80 Å². The maximum atomic E-state index is 12.1. The van der Waals surface area contributed by atoms with E-state index in [1.54, 1.807) is 11.8 Å². The molecule has 20 heavy (non-hydrogen) atoms. The van der Waals surface area contributed by atoms with E-state index in [0.29, 0.717) is 11.7 Å². The molecule has 0 radical (unpaired) electrons. The molecule has 2 fully saturated rings. The molecule has 1 amide bonds. The van der Waals surface area contributed by atoms with Gasteiger partial charge in [0.05, 0.1) is 5.75 Å². The lowest BCUT2D eigenvalue weighted by atomic mass is 10.1. The summed E-state index contributed by atoms with van der Waals surface area (Å²) in [5.74, 6) is 0.917. The van der Waals surface area contributed by atoms with Crippen molar-refractivity contribution in [3.8, 4) is 0 Å². The lowest BCUT2D eigenvalue weighted by Gasteiger charge is -2.30. The third-order valence-corrected chi connectivity index (χ3v) is 5.41. The Morgan fingerprint density at radius 2 is 1.80 bits per heavy atom. The fourth-order valence-corrected chi connectivity index (χ4v) is 4.24. The molecule has 0 bridgehead atoms. The second-order valence-electron chi connectivity index (χ2n) is 5.56. The maximum absolute atomic E-state index is 12.1. The molecule has 0 saturated carbocycles. The van der Waals surface area contributed by atoms with Crippen LogP contribution in [-0.4, -0.2) is 47.6 Å². The lowest BCUT2D eigenvalue weighted by Crippen LogP contribution is -2.39. The van der Waals surface area contributed by atoms with E-state index in [1.807, 2.05) is 6.07 Å². The Bertz CT molecular complexity index is 445. The normalized spacial score (nSPS) is 24.3. The van der Waals surface area contributed by atoms with Crippen molar-refractivity contribution in [2.75, 3.05) is 31.9 Å². The van der Waals surface area contributed by atoms with E-state index in [-0.39, 0.29) is 5.37 Å². The molecule has 2 aliphatic rings. The van der Waals surface area contributed by atoms with Gasteiger partial charge in [0.2, 0.25) is 5.91 Å². The molecule has 1 aromatic carbocycles. The molecule has 0 unspecified atom stereocenters. The summed E-state index contributed by atoms with van der Waals surface area (Å²) in [6.07, 6.45) is 3.98. The van der Waals surface area contributed by atoms with Crippen molar-refractivity contribution >= 4 is 17.7 Å². The predicted molar refractivity (Wildman–Crippen MR) is 83.6 cm³/mol. The van der Waals surface area contributed by atoms with Gasteiger partial charge in [0.25, 0.3) is 0 Å². The molecule has 1 atom stereocenters. The highest BCUT2D eigenvalue weighted by Gasteiger charge is 2.32. The van der Waals surface area contributed by atoms with Crippen LogP contribution in [0, 0.1) is 0 Å². The Kier molecular flexibility index (Phi) is 4.63. The van der Waals surface area contributed by atoms with Crippen molar-refractivity contribution in [3.63, 3.8) is 0 Å². The van der Waals surface area contributed by atoms with Crippen LogP contribution in [-0.2, 0) is 4.79 Å². The van der Waals surface area contributed by atoms with Crippen LogP contribution in [0.4, 0.5) is 0 Å². The van der Waals surface area contributed by atoms with Crippen LogP contribution in [0.1, 0.15) is 30.2 Å². The summed E-state index contributed by atoms with van der Waals surface area (Å²) in [4.78, 5) is 16.7. The lowest BCUT2D eigenvalue weighted by molar-refractivity contribution is -0.128. The number of hydrogen-bond acceptors (Lipinski definition) is 3. The molecule has 3 rings (SSSR count). The predicted octanol–water partition coefficient (Wildman–Crippen LogP) is 2.75. The summed E-state index contributed by atoms with van der Waals surface area (Å²) >= 11 is 1.76. The highest BCUT2D eigenvalue weighted by Crippen LogP contribution is 2.38. The van der Waals surface area contributed by atoms with Crippen LogP contribution >= 0.6 is 11.8 Å². The first-order valence-electron chi connectivity index (χ1n) is 7.53. The van der Waals surface area contributed by atoms with Crippen LogP contribution in [0.15, 0.2) is 30.3 Å². The van der Waals surface area contributed by atoms with Gasteiger partial charge in [0.15, 0.2) is 0 Å². The van der Waals surface area contributed by atoms with Gasteiger partial charge in [-0.2, -0.15) is 0 Å². The monoisotopic (exact) mass is 290 g/mol. The molecule has 3 nitrogen and oxygen atoms in total. The molecule has 108 valence electrons. The summed E-state index contributed by atoms with van der Waals surface area (Å²) in [5, 5.41) is 0.216. The number of rotatable bonds is 4. The van der Waals surface area contributed by atoms with Crippen molar-refractivity contribution in [2.45, 2.75) is 24.6 Å². The number of hydrogen-bond donors (Lipinski definition) is 0. The van der Waals surface area contributed by atoms with Gasteiger partial charge in [0, 0.05) is 13.1 Å². The fraction of sp³-hybridized carbons (Fsp3) is 0.562. The molecule has 1 aromatic rings. The topological polar surface area (TPSA) is 23.6 Å². The van der Waals surface area contributed by atoms with Crippen LogP contribution in [0.25, 0.3) is 0 Å². The second kappa shape index (κ2) is 6.64. The van der Waals surface area contributed by atoms with E-state index in [0.717, 1.165) is 13.1 Å². The largest absolute Gasteiger partial charge is 0.325 e. The quantitative estimate of drug-likeness (QED) is 0.852. The average Bonchev–Trinajstić information content (AvgIpc) is 2.88. The third-order valence-electron chi connectivity index (χ3n) is 4.16. The highest BCUT2D eigenvalue weighted by atomic mass is 32.2. The molecule has 0 spiro atoms. The number of piperidine rings is 1. The van der Waals surface area contributed by atoms with Crippen LogP contribution < -0.4 is 0 Å². The average molecular weight is 290 g/mol. The zero-order valence-electron chi connectivity index (χ0n) is 11.8. The SMILES string of the molecule is O=C1CS[C@@H](c2ccccc2)N1CCN1CCCCC1. The van der Waals surface area contributed by atoms with E-state index in [4.69, 9.17) is 0 Å². The minimum atomic E-state index is 0.216. The first kappa shape index (κ1) is 14.0. The summed E-state index contributed by atoms with van der Waals surface area (Å²) in [6.45, 7) is 4.29. The van der Waals surface area contributed by atoms with Gasteiger partial charge in [-0.15, -0.1) is 11.8 Å². The number of amides is 1. The van der Waals surface area contributed by atoms with Gasteiger partial charge in [-0.05, 0) is 31.5 Å². The van der Waals surface area contributed by atoms with Gasteiger partial charge >= 0.3 is 0 Å². The van der Waals surface area contributed by atoms with Crippen LogP contribution in [0.3, 0.4) is 0 Å². The summed E-state index contributed by atoms with van der Waals surface area (Å²) in [7, 11) is 0. The molecule has 0 aromatic heterocycles. The van der Waals surface area contributed by atoms with Crippen molar-refractivity contribution in [1.82, 2.24) is 9.80 Å². The highest BCUT2D eigenvalue weighted by molar-refractivity contribution is 8.00. The smallest absolute Gasteiger partial charge is 0.233 e. The Morgan fingerprint density at radius 1 is 1.05 bits per heavy atom. The molecule has 4 heteroatoms. The third kappa shape index (κ3) is 3.18. The van der Waals surface area contributed by atoms with Gasteiger partial charge in [-0.25, -0.2) is 0 Å².